The van der Waals surface area contributed by atoms with Crippen molar-refractivity contribution in [3.63, 3.8) is 0 Å². The van der Waals surface area contributed by atoms with Gasteiger partial charge in [0.2, 0.25) is 0 Å². The van der Waals surface area contributed by atoms with Crippen LogP contribution >= 0.6 is 23.2 Å². The fourth-order valence-electron chi connectivity index (χ4n) is 3.87. The number of anilines is 1. The molecule has 4 aromatic rings. The molecule has 3 aromatic carbocycles. The average Bonchev–Trinajstić information content (AvgIpc) is 2.89. The molecule has 0 bridgehead atoms. The van der Waals surface area contributed by atoms with Gasteiger partial charge in [-0.1, -0.05) is 53.5 Å². The molecular weight excluding hydrogens is 514 g/mol. The number of benzene rings is 3. The van der Waals surface area contributed by atoms with Crippen LogP contribution in [-0.4, -0.2) is 21.8 Å². The summed E-state index contributed by atoms with van der Waals surface area (Å²) in [6, 6.07) is 21.5. The molecule has 0 fully saturated rings. The lowest BCUT2D eigenvalue weighted by atomic mass is 10.00. The van der Waals surface area contributed by atoms with E-state index in [0.717, 1.165) is 33.5 Å². The molecule has 0 aliphatic rings. The second-order valence-electron chi connectivity index (χ2n) is 8.46. The Morgan fingerprint density at radius 3 is 2.27 bits per heavy atom. The van der Waals surface area contributed by atoms with Gasteiger partial charge in [0.15, 0.2) is 5.78 Å². The number of nitrogens with zero attached hydrogens (tertiary/aromatic N) is 1. The summed E-state index contributed by atoms with van der Waals surface area (Å²) in [6.07, 6.45) is 1.99. The van der Waals surface area contributed by atoms with Crippen molar-refractivity contribution in [3.8, 4) is 22.3 Å². The van der Waals surface area contributed by atoms with Gasteiger partial charge in [0.05, 0.1) is 5.02 Å². The van der Waals surface area contributed by atoms with E-state index >= 15 is 0 Å². The molecule has 1 heterocycles. The monoisotopic (exact) mass is 536 g/mol. The van der Waals surface area contributed by atoms with Gasteiger partial charge in [-0.25, -0.2) is 4.39 Å². The standard InChI is InChI=1S/C29H23Cl2FN2O3/c30-22-9-4-20(16-33-23-10-5-18(6-11-23)19-7-12-26(32)25(31)14-19)24(15-22)21-8-13-27(34-17-21)28(35)2-1-3-29(36)37/h4-15,17,33H,1-3,16H2,(H,36,37). The van der Waals surface area contributed by atoms with E-state index in [1.165, 1.54) is 6.07 Å². The minimum absolute atomic E-state index is 0.0496. The molecule has 0 atom stereocenters. The quantitative estimate of drug-likeness (QED) is 0.201. The number of ketones is 1. The number of halogens is 3. The maximum Gasteiger partial charge on any atom is 0.303 e. The Bertz CT molecular complexity index is 1420. The average molecular weight is 537 g/mol. The fourth-order valence-corrected chi connectivity index (χ4v) is 4.22. The first kappa shape index (κ1) is 26.3. The number of carbonyl (C=O) groups excluding carboxylic acids is 1. The molecule has 0 unspecified atom stereocenters. The fraction of sp³-hybridized carbons (Fsp3) is 0.138. The number of hydrogen-bond acceptors (Lipinski definition) is 4. The van der Waals surface area contributed by atoms with Gasteiger partial charge in [0.25, 0.3) is 0 Å². The molecule has 188 valence electrons. The van der Waals surface area contributed by atoms with Gasteiger partial charge in [-0.2, -0.15) is 0 Å². The van der Waals surface area contributed by atoms with Gasteiger partial charge in [-0.15, -0.1) is 0 Å². The molecule has 0 radical (unpaired) electrons. The number of carbonyl (C=O) groups is 2. The zero-order valence-electron chi connectivity index (χ0n) is 19.7. The van der Waals surface area contributed by atoms with Crippen molar-refractivity contribution in [3.05, 3.63) is 106 Å². The predicted octanol–water partition coefficient (Wildman–Crippen LogP) is 7.91. The number of aliphatic carboxylic acids is 1. The number of pyridine rings is 1. The van der Waals surface area contributed by atoms with Crippen molar-refractivity contribution < 1.29 is 19.1 Å². The van der Waals surface area contributed by atoms with Crippen LogP contribution < -0.4 is 5.32 Å². The number of aromatic nitrogens is 1. The van der Waals surface area contributed by atoms with E-state index in [0.29, 0.717) is 17.3 Å². The number of rotatable bonds is 10. The second kappa shape index (κ2) is 12.0. The molecule has 0 saturated carbocycles. The number of carboxylic acids is 1. The van der Waals surface area contributed by atoms with E-state index in [9.17, 15) is 14.0 Å². The van der Waals surface area contributed by atoms with Gasteiger partial charge in [-0.3, -0.25) is 14.6 Å². The van der Waals surface area contributed by atoms with Crippen molar-refractivity contribution in [2.45, 2.75) is 25.8 Å². The summed E-state index contributed by atoms with van der Waals surface area (Å²) >= 11 is 12.2. The smallest absolute Gasteiger partial charge is 0.303 e. The summed E-state index contributed by atoms with van der Waals surface area (Å²) in [5.74, 6) is -1.56. The molecule has 4 rings (SSSR count). The largest absolute Gasteiger partial charge is 0.481 e. The van der Waals surface area contributed by atoms with Gasteiger partial charge in [-0.05, 0) is 71.1 Å². The number of Topliss-reactive ketones (excluding diaryl/α,β-unsaturated/α-hetero) is 1. The van der Waals surface area contributed by atoms with Gasteiger partial charge in [0.1, 0.15) is 11.5 Å². The Morgan fingerprint density at radius 2 is 1.59 bits per heavy atom. The summed E-state index contributed by atoms with van der Waals surface area (Å²) in [7, 11) is 0. The van der Waals surface area contributed by atoms with Crippen LogP contribution in [0.2, 0.25) is 10.0 Å². The molecular formula is C29H23Cl2FN2O3. The van der Waals surface area contributed by atoms with E-state index in [2.05, 4.69) is 10.3 Å². The lowest BCUT2D eigenvalue weighted by molar-refractivity contribution is -0.137. The molecule has 0 aliphatic heterocycles. The third-order valence-electron chi connectivity index (χ3n) is 5.85. The van der Waals surface area contributed by atoms with Crippen molar-refractivity contribution in [2.24, 2.45) is 0 Å². The van der Waals surface area contributed by atoms with E-state index in [1.54, 1.807) is 24.4 Å². The van der Waals surface area contributed by atoms with Crippen LogP contribution in [0.5, 0.6) is 0 Å². The summed E-state index contributed by atoms with van der Waals surface area (Å²) in [4.78, 5) is 27.2. The van der Waals surface area contributed by atoms with Crippen LogP contribution in [0, 0.1) is 5.82 Å². The highest BCUT2D eigenvalue weighted by molar-refractivity contribution is 6.31. The highest BCUT2D eigenvalue weighted by atomic mass is 35.5. The summed E-state index contributed by atoms with van der Waals surface area (Å²) in [6.45, 7) is 0.518. The Hall–Kier alpha value is -3.74. The van der Waals surface area contributed by atoms with Crippen molar-refractivity contribution in [2.75, 3.05) is 5.32 Å². The Balaban J connectivity index is 1.45. The topological polar surface area (TPSA) is 79.3 Å². The van der Waals surface area contributed by atoms with Gasteiger partial charge in [0, 0.05) is 41.9 Å². The van der Waals surface area contributed by atoms with Crippen molar-refractivity contribution >= 4 is 40.6 Å². The second-order valence-corrected chi connectivity index (χ2v) is 9.31. The third-order valence-corrected chi connectivity index (χ3v) is 6.37. The number of carboxylic acid groups (broad SMARTS) is 1. The molecule has 0 amide bonds. The highest BCUT2D eigenvalue weighted by Gasteiger charge is 2.12. The van der Waals surface area contributed by atoms with Gasteiger partial charge < -0.3 is 10.4 Å². The lowest BCUT2D eigenvalue weighted by Gasteiger charge is -2.13. The number of hydrogen-bond donors (Lipinski definition) is 2. The minimum atomic E-state index is -0.924. The summed E-state index contributed by atoms with van der Waals surface area (Å²) in [5.41, 5.74) is 5.63. The Morgan fingerprint density at radius 1 is 0.865 bits per heavy atom. The zero-order chi connectivity index (χ0) is 26.4. The normalized spacial score (nSPS) is 10.8. The zero-order valence-corrected chi connectivity index (χ0v) is 21.2. The van der Waals surface area contributed by atoms with Crippen LogP contribution in [0.3, 0.4) is 0 Å². The SMILES string of the molecule is O=C(O)CCCC(=O)c1ccc(-c2cc(Cl)ccc2CNc2ccc(-c3ccc(F)c(Cl)c3)cc2)cn1. The molecule has 5 nitrogen and oxygen atoms in total. The van der Waals surface area contributed by atoms with Crippen molar-refractivity contribution in [1.29, 1.82) is 0 Å². The molecule has 37 heavy (non-hydrogen) atoms. The van der Waals surface area contributed by atoms with E-state index in [1.807, 2.05) is 48.5 Å². The molecule has 0 saturated heterocycles. The maximum atomic E-state index is 13.5. The lowest BCUT2D eigenvalue weighted by Crippen LogP contribution is -2.04. The molecule has 1 aromatic heterocycles. The Kier molecular flexibility index (Phi) is 8.54. The summed E-state index contributed by atoms with van der Waals surface area (Å²) < 4.78 is 13.5. The van der Waals surface area contributed by atoms with Crippen molar-refractivity contribution in [1.82, 2.24) is 4.98 Å². The molecule has 0 aliphatic carbocycles. The molecule has 8 heteroatoms. The Labute approximate surface area is 223 Å². The third kappa shape index (κ3) is 6.94. The minimum Gasteiger partial charge on any atom is -0.481 e. The maximum absolute atomic E-state index is 13.5. The van der Waals surface area contributed by atoms with Crippen LogP contribution in [0.4, 0.5) is 10.1 Å². The number of nitrogens with one attached hydrogen (secondary N) is 1. The van der Waals surface area contributed by atoms with Crippen LogP contribution in [0.25, 0.3) is 22.3 Å². The van der Waals surface area contributed by atoms with Crippen LogP contribution in [0.1, 0.15) is 35.3 Å². The van der Waals surface area contributed by atoms with E-state index in [4.69, 9.17) is 28.3 Å². The van der Waals surface area contributed by atoms with E-state index in [-0.39, 0.29) is 30.1 Å². The first-order valence-corrected chi connectivity index (χ1v) is 12.3. The highest BCUT2D eigenvalue weighted by Crippen LogP contribution is 2.29. The molecule has 0 spiro atoms. The first-order chi connectivity index (χ1) is 17.8. The first-order valence-electron chi connectivity index (χ1n) is 11.6. The van der Waals surface area contributed by atoms with E-state index < -0.39 is 11.8 Å². The van der Waals surface area contributed by atoms with Gasteiger partial charge >= 0.3 is 5.97 Å². The summed E-state index contributed by atoms with van der Waals surface area (Å²) in [5, 5.41) is 12.8. The van der Waals surface area contributed by atoms with Crippen LogP contribution in [-0.2, 0) is 11.3 Å². The van der Waals surface area contributed by atoms with Crippen LogP contribution in [0.15, 0.2) is 79.0 Å². The predicted molar refractivity (Wildman–Crippen MR) is 145 cm³/mol. The molecule has 2 N–H and O–H groups in total.